The molecule has 1 aliphatic rings. The van der Waals surface area contributed by atoms with Gasteiger partial charge in [-0.05, 0) is 12.8 Å². The number of nitrogens with zero attached hydrogens (tertiary/aromatic N) is 3. The molecule has 0 N–H and O–H groups in total. The van der Waals surface area contributed by atoms with Crippen molar-refractivity contribution in [2.24, 2.45) is 0 Å². The molecule has 0 amide bonds. The van der Waals surface area contributed by atoms with Crippen molar-refractivity contribution in [2.75, 3.05) is 41.1 Å². The largest absolute Gasteiger partial charge is 4.00 e. The van der Waals surface area contributed by atoms with Gasteiger partial charge in [-0.15, -0.1) is 5.88 Å². The second kappa shape index (κ2) is 25.8. The predicted molar refractivity (Wildman–Crippen MR) is 80.8 cm³/mol. The molecule has 0 bridgehead atoms. The van der Waals surface area contributed by atoms with Crippen LogP contribution in [-0.4, -0.2) is 46.4 Å². The molecule has 1 rings (SSSR count). The van der Waals surface area contributed by atoms with Gasteiger partial charge in [0.1, 0.15) is 0 Å². The van der Waals surface area contributed by atoms with Crippen molar-refractivity contribution in [2.45, 2.75) is 30.8 Å². The zero-order valence-electron chi connectivity index (χ0n) is 15.8. The van der Waals surface area contributed by atoms with Gasteiger partial charge in [-0.2, -0.15) is 47.0 Å². The first-order valence-corrected chi connectivity index (χ1v) is 5.79. The third-order valence-corrected chi connectivity index (χ3v) is 2.22. The Morgan fingerprint density at radius 1 is 1.06 bits per heavy atom. The SMILES string of the molecule is C[N-]C.C[N-]C.[2H]C1C([2H])C([2H])C(SC[N-]C)C1[2H].[CH3-].[Hf+4]. The maximum Gasteiger partial charge on any atom is 4.00 e. The average molecular weight is 430 g/mol. The summed E-state index contributed by atoms with van der Waals surface area (Å²) in [6.45, 7) is 0. The first kappa shape index (κ1) is 16.2. The van der Waals surface area contributed by atoms with Crippen LogP contribution in [0.2, 0.25) is 0 Å². The second-order valence-electron chi connectivity index (χ2n) is 2.74. The van der Waals surface area contributed by atoms with E-state index in [2.05, 4.69) is 16.0 Å². The summed E-state index contributed by atoms with van der Waals surface area (Å²) in [6, 6.07) is 0. The summed E-state index contributed by atoms with van der Waals surface area (Å²) in [5.41, 5.74) is 0. The van der Waals surface area contributed by atoms with Crippen molar-refractivity contribution < 1.29 is 31.3 Å². The third-order valence-electron chi connectivity index (χ3n) is 1.11. The Bertz CT molecular complexity index is 193. The normalized spacial score (nSPS) is 37.1. The Hall–Kier alpha value is 1.10. The topological polar surface area (TPSA) is 42.3 Å². The molecule has 0 heterocycles. The summed E-state index contributed by atoms with van der Waals surface area (Å²) in [7, 11) is 8.69. The van der Waals surface area contributed by atoms with Gasteiger partial charge in [0.15, 0.2) is 0 Å². The van der Waals surface area contributed by atoms with E-state index in [4.69, 9.17) is 5.48 Å². The molecular weight excluding hydrogens is 397 g/mol. The minimum absolute atomic E-state index is 0. The van der Waals surface area contributed by atoms with Crippen molar-refractivity contribution in [3.05, 3.63) is 23.4 Å². The number of rotatable bonds is 3. The minimum atomic E-state index is -0.725. The molecule has 0 aromatic carbocycles. The van der Waals surface area contributed by atoms with E-state index < -0.39 is 25.6 Å². The van der Waals surface area contributed by atoms with E-state index in [-0.39, 0.29) is 38.5 Å². The van der Waals surface area contributed by atoms with E-state index in [0.29, 0.717) is 5.88 Å². The number of hydrogen-bond acceptors (Lipinski definition) is 1. The van der Waals surface area contributed by atoms with Crippen LogP contribution in [0.1, 0.15) is 31.1 Å². The molecule has 17 heavy (non-hydrogen) atoms. The van der Waals surface area contributed by atoms with Crippen molar-refractivity contribution in [3.63, 3.8) is 0 Å². The van der Waals surface area contributed by atoms with Gasteiger partial charge in [-0.3, -0.25) is 0 Å². The fourth-order valence-electron chi connectivity index (χ4n) is 0.683. The maximum atomic E-state index is 7.64. The predicted octanol–water partition coefficient (Wildman–Crippen LogP) is 4.31. The van der Waals surface area contributed by atoms with Crippen LogP contribution in [0, 0.1) is 7.43 Å². The molecular formula is C12H29HfN3S. The van der Waals surface area contributed by atoms with Crippen LogP contribution < -0.4 is 0 Å². The molecule has 0 aromatic rings. The van der Waals surface area contributed by atoms with E-state index in [1.165, 1.54) is 11.8 Å². The molecule has 4 atom stereocenters. The Balaban J connectivity index is -0.000000157. The van der Waals surface area contributed by atoms with E-state index >= 15 is 0 Å². The molecule has 0 aromatic heterocycles. The van der Waals surface area contributed by atoms with E-state index in [9.17, 15) is 0 Å². The monoisotopic (exact) mass is 431 g/mol. The van der Waals surface area contributed by atoms with Crippen LogP contribution in [-0.2, 0) is 25.8 Å². The molecule has 102 valence electrons. The van der Waals surface area contributed by atoms with E-state index in [0.717, 1.165) is 0 Å². The van der Waals surface area contributed by atoms with Crippen molar-refractivity contribution in [3.8, 4) is 0 Å². The van der Waals surface area contributed by atoms with Crippen LogP contribution in [0.3, 0.4) is 0 Å². The summed E-state index contributed by atoms with van der Waals surface area (Å²) < 4.78 is 30.3. The fourth-order valence-corrected chi connectivity index (χ4v) is 1.41. The standard InChI is InChI=1S/C7H14NS.2C2H6N.CH3.Hf/c1-8-6-9-7-4-2-3-5-7;2*1-3-2;;/h7H,2-6H2,1H3;2*1-2H3;1H3;/q4*-1;+4/i2D,3D,4D,5D;;;;. The second-order valence-corrected chi connectivity index (χ2v) is 3.88. The summed E-state index contributed by atoms with van der Waals surface area (Å²) in [4.78, 5) is 0. The minimum Gasteiger partial charge on any atom is -0.668 e. The van der Waals surface area contributed by atoms with E-state index in [1.807, 2.05) is 0 Å². The first-order chi connectivity index (χ1) is 8.92. The van der Waals surface area contributed by atoms with Gasteiger partial charge in [-0.25, -0.2) is 0 Å². The fraction of sp³-hybridized carbons (Fsp3) is 0.917. The van der Waals surface area contributed by atoms with Gasteiger partial charge in [-0.1, -0.05) is 12.8 Å². The van der Waals surface area contributed by atoms with Crippen LogP contribution in [0.15, 0.2) is 0 Å². The molecule has 5 heteroatoms. The van der Waals surface area contributed by atoms with Gasteiger partial charge in [0.25, 0.3) is 0 Å². The molecule has 1 saturated carbocycles. The quantitative estimate of drug-likeness (QED) is 0.487. The zero-order chi connectivity index (χ0) is 15.4. The number of hydrogen-bond donors (Lipinski definition) is 0. The van der Waals surface area contributed by atoms with Gasteiger partial charge in [0.05, 0.1) is 0 Å². The Morgan fingerprint density at radius 2 is 1.41 bits per heavy atom. The Morgan fingerprint density at radius 3 is 1.71 bits per heavy atom. The molecule has 0 aliphatic heterocycles. The summed E-state index contributed by atoms with van der Waals surface area (Å²) in [5, 5.41) is 10.7. The van der Waals surface area contributed by atoms with Gasteiger partial charge < -0.3 is 23.4 Å². The molecule has 0 radical (unpaired) electrons. The van der Waals surface area contributed by atoms with E-state index in [1.54, 1.807) is 35.2 Å². The van der Waals surface area contributed by atoms with Gasteiger partial charge in [0.2, 0.25) is 0 Å². The summed E-state index contributed by atoms with van der Waals surface area (Å²) in [5.74, 6) is 0.564. The summed E-state index contributed by atoms with van der Waals surface area (Å²) >= 11 is 1.43. The van der Waals surface area contributed by atoms with Crippen molar-refractivity contribution in [1.29, 1.82) is 0 Å². The average Bonchev–Trinajstić information content (AvgIpc) is 2.54. The molecule has 1 aliphatic carbocycles. The zero-order valence-corrected chi connectivity index (χ0v) is 16.3. The smallest absolute Gasteiger partial charge is 0.668 e. The Labute approximate surface area is 138 Å². The van der Waals surface area contributed by atoms with Crippen LogP contribution in [0.4, 0.5) is 0 Å². The van der Waals surface area contributed by atoms with Crippen LogP contribution in [0.5, 0.6) is 0 Å². The van der Waals surface area contributed by atoms with Gasteiger partial charge in [0, 0.05) is 10.7 Å². The Kier molecular flexibility index (Phi) is 24.5. The van der Waals surface area contributed by atoms with Crippen LogP contribution in [0.25, 0.3) is 16.0 Å². The first-order valence-electron chi connectivity index (χ1n) is 7.05. The van der Waals surface area contributed by atoms with Gasteiger partial charge >= 0.3 is 25.8 Å². The molecule has 3 nitrogen and oxygen atoms in total. The molecule has 0 saturated heterocycles. The summed E-state index contributed by atoms with van der Waals surface area (Å²) in [6.07, 6.45) is -2.65. The molecule has 1 fully saturated rings. The van der Waals surface area contributed by atoms with Crippen LogP contribution >= 0.6 is 11.8 Å². The van der Waals surface area contributed by atoms with Crippen molar-refractivity contribution in [1.82, 2.24) is 0 Å². The number of thioether (sulfide) groups is 1. The third kappa shape index (κ3) is 26.6. The van der Waals surface area contributed by atoms with Crippen molar-refractivity contribution >= 4 is 11.8 Å². The molecule has 4 unspecified atom stereocenters. The maximum absolute atomic E-state index is 7.64. The molecule has 0 spiro atoms.